The summed E-state index contributed by atoms with van der Waals surface area (Å²) in [5.41, 5.74) is -1.11. The molecule has 0 bridgehead atoms. The average molecular weight is 452 g/mol. The van der Waals surface area contributed by atoms with Crippen molar-refractivity contribution in [3.8, 4) is 0 Å². The molecule has 1 aromatic carbocycles. The van der Waals surface area contributed by atoms with Gasteiger partial charge in [0.2, 0.25) is 0 Å². The molecule has 0 atom stereocenters. The van der Waals surface area contributed by atoms with Crippen LogP contribution in [0.5, 0.6) is 0 Å². The van der Waals surface area contributed by atoms with E-state index in [1.807, 2.05) is 0 Å². The third kappa shape index (κ3) is 6.82. The summed E-state index contributed by atoms with van der Waals surface area (Å²) in [4.78, 5) is 3.82. The van der Waals surface area contributed by atoms with Gasteiger partial charge in [-0.3, -0.25) is 4.99 Å². The highest BCUT2D eigenvalue weighted by Crippen LogP contribution is 2.32. The zero-order valence-electron chi connectivity index (χ0n) is 11.6. The van der Waals surface area contributed by atoms with Gasteiger partial charge in [0.05, 0.1) is 12.1 Å². The van der Waals surface area contributed by atoms with Crippen LogP contribution in [0, 0.1) is 5.82 Å². The summed E-state index contributed by atoms with van der Waals surface area (Å²) in [5, 5.41) is 5.78. The first-order valence-electron chi connectivity index (χ1n) is 5.87. The van der Waals surface area contributed by atoms with E-state index < -0.39 is 17.6 Å². The van der Waals surface area contributed by atoms with E-state index in [9.17, 15) is 17.6 Å². The molecule has 2 N–H and O–H groups in total. The van der Waals surface area contributed by atoms with E-state index in [1.165, 1.54) is 7.05 Å². The Balaban J connectivity index is 0.00000441. The average Bonchev–Trinajstić information content (AvgIpc) is 2.38. The molecular weight excluding hydrogens is 437 g/mol. The van der Waals surface area contributed by atoms with Gasteiger partial charge in [-0.05, 0) is 17.7 Å². The SMILES string of the molecule is C=C(Cl)CNC(=NC)NCc1ccc(F)cc1C(F)(F)F.I. The third-order valence-electron chi connectivity index (χ3n) is 2.49. The number of nitrogens with one attached hydrogen (secondary N) is 2. The highest BCUT2D eigenvalue weighted by molar-refractivity contribution is 14.0. The smallest absolute Gasteiger partial charge is 0.352 e. The molecule has 0 radical (unpaired) electrons. The number of halogens is 6. The standard InChI is InChI=1S/C13H14ClF4N3.HI/c1-8(14)6-20-12(19-2)21-7-9-3-4-10(15)5-11(9)13(16,17)18;/h3-5H,1,6-7H2,2H3,(H2,19,20,21);1H. The molecule has 0 spiro atoms. The first-order chi connectivity index (χ1) is 9.74. The molecule has 0 amide bonds. The molecule has 0 unspecified atom stereocenters. The van der Waals surface area contributed by atoms with E-state index in [-0.39, 0.29) is 48.6 Å². The summed E-state index contributed by atoms with van der Waals surface area (Å²) in [5.74, 6) is -0.679. The lowest BCUT2D eigenvalue weighted by atomic mass is 10.1. The monoisotopic (exact) mass is 451 g/mol. The Morgan fingerprint density at radius 2 is 1.95 bits per heavy atom. The van der Waals surface area contributed by atoms with Gasteiger partial charge >= 0.3 is 6.18 Å². The number of hydrogen-bond acceptors (Lipinski definition) is 1. The Morgan fingerprint density at radius 1 is 1.32 bits per heavy atom. The molecule has 0 aliphatic rings. The number of nitrogens with zero attached hydrogens (tertiary/aromatic N) is 1. The molecule has 22 heavy (non-hydrogen) atoms. The maximum Gasteiger partial charge on any atom is 0.416 e. The van der Waals surface area contributed by atoms with Crippen molar-refractivity contribution < 1.29 is 17.6 Å². The fraction of sp³-hybridized carbons (Fsp3) is 0.308. The molecular formula is C13H15ClF4IN3. The molecule has 0 aromatic heterocycles. The third-order valence-corrected chi connectivity index (χ3v) is 2.63. The van der Waals surface area contributed by atoms with Crippen molar-refractivity contribution in [1.82, 2.24) is 10.6 Å². The summed E-state index contributed by atoms with van der Waals surface area (Å²) in [6.07, 6.45) is -4.62. The minimum Gasteiger partial charge on any atom is -0.352 e. The van der Waals surface area contributed by atoms with Gasteiger partial charge in [-0.2, -0.15) is 13.2 Å². The van der Waals surface area contributed by atoms with E-state index in [0.717, 1.165) is 12.1 Å². The lowest BCUT2D eigenvalue weighted by Crippen LogP contribution is -2.37. The van der Waals surface area contributed by atoms with Gasteiger partial charge in [-0.1, -0.05) is 24.2 Å². The number of hydrogen-bond donors (Lipinski definition) is 2. The van der Waals surface area contributed by atoms with Crippen LogP contribution in [0.1, 0.15) is 11.1 Å². The molecule has 1 aromatic rings. The van der Waals surface area contributed by atoms with Crippen molar-refractivity contribution >= 4 is 41.5 Å². The van der Waals surface area contributed by atoms with Gasteiger partial charge in [0.15, 0.2) is 5.96 Å². The summed E-state index contributed by atoms with van der Waals surface area (Å²) < 4.78 is 51.4. The first-order valence-corrected chi connectivity index (χ1v) is 6.25. The largest absolute Gasteiger partial charge is 0.416 e. The number of aliphatic imine (C=N–C) groups is 1. The van der Waals surface area contributed by atoms with E-state index in [2.05, 4.69) is 22.2 Å². The quantitative estimate of drug-likeness (QED) is 0.316. The van der Waals surface area contributed by atoms with Gasteiger partial charge in [0, 0.05) is 18.6 Å². The molecule has 9 heteroatoms. The van der Waals surface area contributed by atoms with Crippen molar-refractivity contribution in [3.63, 3.8) is 0 Å². The van der Waals surface area contributed by atoms with Crippen molar-refractivity contribution in [3.05, 3.63) is 46.8 Å². The van der Waals surface area contributed by atoms with E-state index in [1.54, 1.807) is 0 Å². The Bertz CT molecular complexity index is 547. The van der Waals surface area contributed by atoms with Gasteiger partial charge in [0.1, 0.15) is 5.82 Å². The molecule has 0 heterocycles. The van der Waals surface area contributed by atoms with Crippen molar-refractivity contribution in [2.24, 2.45) is 4.99 Å². The van der Waals surface area contributed by atoms with Crippen LogP contribution in [0.25, 0.3) is 0 Å². The predicted molar refractivity (Wildman–Crippen MR) is 90.0 cm³/mol. The lowest BCUT2D eigenvalue weighted by Gasteiger charge is -2.15. The predicted octanol–water partition coefficient (Wildman–Crippen LogP) is 3.88. The second kappa shape index (κ2) is 9.19. The zero-order valence-corrected chi connectivity index (χ0v) is 14.7. The van der Waals surface area contributed by atoms with Crippen LogP contribution in [0.15, 0.2) is 34.8 Å². The van der Waals surface area contributed by atoms with Crippen molar-refractivity contribution in [2.45, 2.75) is 12.7 Å². The van der Waals surface area contributed by atoms with Gasteiger partial charge < -0.3 is 10.6 Å². The summed E-state index contributed by atoms with van der Waals surface area (Å²) >= 11 is 5.57. The minimum absolute atomic E-state index is 0. The van der Waals surface area contributed by atoms with Crippen molar-refractivity contribution in [1.29, 1.82) is 0 Å². The zero-order chi connectivity index (χ0) is 16.0. The molecule has 0 aliphatic heterocycles. The second-order valence-corrected chi connectivity index (χ2v) is 4.63. The highest BCUT2D eigenvalue weighted by atomic mass is 127. The molecule has 1 rings (SSSR count). The number of alkyl halides is 3. The van der Waals surface area contributed by atoms with Crippen LogP contribution >= 0.6 is 35.6 Å². The van der Waals surface area contributed by atoms with E-state index in [4.69, 9.17) is 11.6 Å². The first kappa shape index (κ1) is 21.0. The van der Waals surface area contributed by atoms with E-state index >= 15 is 0 Å². The van der Waals surface area contributed by atoms with Gasteiger partial charge in [-0.15, -0.1) is 24.0 Å². The highest BCUT2D eigenvalue weighted by Gasteiger charge is 2.33. The van der Waals surface area contributed by atoms with Crippen LogP contribution in [-0.2, 0) is 12.7 Å². The molecule has 3 nitrogen and oxygen atoms in total. The Morgan fingerprint density at radius 3 is 2.45 bits per heavy atom. The second-order valence-electron chi connectivity index (χ2n) is 4.10. The van der Waals surface area contributed by atoms with Crippen LogP contribution in [0.3, 0.4) is 0 Å². The topological polar surface area (TPSA) is 36.4 Å². The van der Waals surface area contributed by atoms with Gasteiger partial charge in [-0.25, -0.2) is 4.39 Å². The Hall–Kier alpha value is -1.03. The molecule has 0 saturated heterocycles. The fourth-order valence-corrected chi connectivity index (χ4v) is 1.61. The fourth-order valence-electron chi connectivity index (χ4n) is 1.55. The maximum absolute atomic E-state index is 13.0. The lowest BCUT2D eigenvalue weighted by molar-refractivity contribution is -0.138. The van der Waals surface area contributed by atoms with E-state index in [0.29, 0.717) is 11.1 Å². The maximum atomic E-state index is 13.0. The summed E-state index contributed by atoms with van der Waals surface area (Å²) in [6.45, 7) is 3.52. The van der Waals surface area contributed by atoms with Crippen LogP contribution in [0.2, 0.25) is 0 Å². The van der Waals surface area contributed by atoms with Crippen LogP contribution in [0.4, 0.5) is 17.6 Å². The summed E-state index contributed by atoms with van der Waals surface area (Å²) in [6, 6.07) is 2.52. The molecule has 0 saturated carbocycles. The summed E-state index contributed by atoms with van der Waals surface area (Å²) in [7, 11) is 1.46. The Labute approximate surface area is 147 Å². The number of rotatable bonds is 4. The number of guanidine groups is 1. The molecule has 124 valence electrons. The normalized spacial score (nSPS) is 11.6. The number of benzene rings is 1. The molecule has 0 aliphatic carbocycles. The van der Waals surface area contributed by atoms with Crippen LogP contribution < -0.4 is 10.6 Å². The van der Waals surface area contributed by atoms with Crippen molar-refractivity contribution in [2.75, 3.05) is 13.6 Å². The van der Waals surface area contributed by atoms with Gasteiger partial charge in [0.25, 0.3) is 0 Å². The minimum atomic E-state index is -4.62. The Kier molecular flexibility index (Phi) is 8.76. The molecule has 0 fully saturated rings. The van der Waals surface area contributed by atoms with Crippen LogP contribution in [-0.4, -0.2) is 19.6 Å².